The normalized spacial score (nSPS) is 21.8. The van der Waals surface area contributed by atoms with E-state index in [1.807, 2.05) is 49.9 Å². The van der Waals surface area contributed by atoms with Crippen LogP contribution < -0.4 is 0 Å². The second kappa shape index (κ2) is 9.07. The monoisotopic (exact) mass is 440 g/mol. The Morgan fingerprint density at radius 2 is 1.69 bits per heavy atom. The number of hydrogen-bond donors (Lipinski definition) is 0. The van der Waals surface area contributed by atoms with Gasteiger partial charge in [-0.2, -0.15) is 5.26 Å². The first-order chi connectivity index (χ1) is 14.8. The minimum absolute atomic E-state index is 0.0573. The molecule has 2 saturated heterocycles. The minimum atomic E-state index is -0.481. The number of piperidine rings is 1. The van der Waals surface area contributed by atoms with Crippen LogP contribution in [0.25, 0.3) is 0 Å². The molecule has 1 amide bonds. The van der Waals surface area contributed by atoms with E-state index in [2.05, 4.69) is 33.8 Å². The Balaban J connectivity index is 1.71. The van der Waals surface area contributed by atoms with Crippen LogP contribution in [-0.2, 0) is 14.0 Å². The number of rotatable bonds is 4. The van der Waals surface area contributed by atoms with Gasteiger partial charge in [-0.25, -0.2) is 4.79 Å². The maximum Gasteiger partial charge on any atom is 0.465 e. The second-order valence-corrected chi connectivity index (χ2v) is 11.1. The number of carbonyl (C=O) groups is 1. The predicted molar refractivity (Wildman–Crippen MR) is 125 cm³/mol. The van der Waals surface area contributed by atoms with Gasteiger partial charge in [0.25, 0.3) is 0 Å². The summed E-state index contributed by atoms with van der Waals surface area (Å²) in [6, 6.07) is 9.95. The fourth-order valence-corrected chi connectivity index (χ4v) is 4.30. The first-order valence-electron chi connectivity index (χ1n) is 11.6. The van der Waals surface area contributed by atoms with Crippen LogP contribution in [0.5, 0.6) is 0 Å². The molecule has 2 aliphatic heterocycles. The van der Waals surface area contributed by atoms with Crippen molar-refractivity contribution >= 4 is 13.2 Å². The van der Waals surface area contributed by atoms with E-state index in [-0.39, 0.29) is 19.0 Å². The van der Waals surface area contributed by atoms with Crippen molar-refractivity contribution in [2.24, 2.45) is 5.92 Å². The molecule has 0 spiro atoms. The average Bonchev–Trinajstić information content (AvgIpc) is 2.92. The largest absolute Gasteiger partial charge is 0.465 e. The molecule has 1 atom stereocenters. The quantitative estimate of drug-likeness (QED) is 0.594. The molecule has 0 bridgehead atoms. The van der Waals surface area contributed by atoms with Crippen molar-refractivity contribution < 1.29 is 18.8 Å². The molecule has 0 N–H and O–H groups in total. The van der Waals surface area contributed by atoms with Gasteiger partial charge in [0.15, 0.2) is 0 Å². The van der Waals surface area contributed by atoms with E-state index in [1.165, 1.54) is 0 Å². The molecular weight excluding hydrogens is 403 g/mol. The summed E-state index contributed by atoms with van der Waals surface area (Å²) in [6.45, 7) is 15.4. The van der Waals surface area contributed by atoms with Gasteiger partial charge < -0.3 is 18.9 Å². The second-order valence-electron chi connectivity index (χ2n) is 11.1. The highest BCUT2D eigenvalue weighted by Gasteiger charge is 2.54. The van der Waals surface area contributed by atoms with E-state index in [0.717, 1.165) is 24.8 Å². The molecule has 1 aromatic rings. The molecule has 1 unspecified atom stereocenters. The first-order valence-corrected chi connectivity index (χ1v) is 11.6. The summed E-state index contributed by atoms with van der Waals surface area (Å²) >= 11 is 0. The Labute approximate surface area is 193 Å². The first kappa shape index (κ1) is 24.6. The fraction of sp³-hybridized carbons (Fsp3) is 0.680. The van der Waals surface area contributed by atoms with E-state index in [1.54, 1.807) is 0 Å². The van der Waals surface area contributed by atoms with Gasteiger partial charge in [-0.15, -0.1) is 0 Å². The van der Waals surface area contributed by atoms with Gasteiger partial charge in [0, 0.05) is 18.9 Å². The maximum absolute atomic E-state index is 12.4. The van der Waals surface area contributed by atoms with Crippen LogP contribution in [0.2, 0.25) is 0 Å². The Hall–Kier alpha value is -2.04. The van der Waals surface area contributed by atoms with Crippen LogP contribution in [0, 0.1) is 17.2 Å². The molecule has 2 heterocycles. The summed E-state index contributed by atoms with van der Waals surface area (Å²) < 4.78 is 18.4. The van der Waals surface area contributed by atoms with Crippen LogP contribution >= 0.6 is 0 Å². The number of likely N-dealkylation sites (tertiary alicyclic amines) is 1. The number of nitriles is 1. The van der Waals surface area contributed by atoms with Gasteiger partial charge in [-0.1, -0.05) is 12.1 Å². The van der Waals surface area contributed by atoms with E-state index in [0.29, 0.717) is 24.6 Å². The standard InChI is InChI=1S/C25H37BN2O4/c1-23(2,3)30-22(29)28-14-12-18(13-15-28)16-21(20-10-8-19(17-27)9-11-20)26-31-24(4,5)25(6,7)32-26/h8-11,18,21H,12-16H2,1-7H3. The molecule has 2 aliphatic rings. The molecule has 7 heteroatoms. The molecule has 0 saturated carbocycles. The van der Waals surface area contributed by atoms with Crippen molar-refractivity contribution in [2.45, 2.75) is 90.3 Å². The van der Waals surface area contributed by atoms with Gasteiger partial charge in [0.1, 0.15) is 5.60 Å². The Bertz CT molecular complexity index is 830. The molecule has 0 aromatic heterocycles. The summed E-state index contributed by atoms with van der Waals surface area (Å²) in [4.78, 5) is 14.2. The molecule has 6 nitrogen and oxygen atoms in total. The topological polar surface area (TPSA) is 71.8 Å². The van der Waals surface area contributed by atoms with Crippen molar-refractivity contribution in [1.29, 1.82) is 5.26 Å². The van der Waals surface area contributed by atoms with E-state index >= 15 is 0 Å². The van der Waals surface area contributed by atoms with Crippen LogP contribution in [0.1, 0.15) is 84.7 Å². The SMILES string of the molecule is CC(C)(C)OC(=O)N1CCC(CC(B2OC(C)(C)C(C)(C)O2)c2ccc(C#N)cc2)CC1. The van der Waals surface area contributed by atoms with Gasteiger partial charge >= 0.3 is 13.2 Å². The highest BCUT2D eigenvalue weighted by atomic mass is 16.7. The third-order valence-electron chi connectivity index (χ3n) is 6.92. The number of benzene rings is 1. The summed E-state index contributed by atoms with van der Waals surface area (Å²) in [6.07, 6.45) is 2.52. The zero-order valence-corrected chi connectivity index (χ0v) is 20.6. The molecule has 0 radical (unpaired) electrons. The summed E-state index contributed by atoms with van der Waals surface area (Å²) in [7, 11) is -0.350. The van der Waals surface area contributed by atoms with Crippen LogP contribution in [0.3, 0.4) is 0 Å². The van der Waals surface area contributed by atoms with Crippen molar-refractivity contribution in [3.8, 4) is 6.07 Å². The number of carbonyl (C=O) groups excluding carboxylic acids is 1. The molecule has 174 valence electrons. The van der Waals surface area contributed by atoms with Gasteiger partial charge in [0.05, 0.1) is 22.8 Å². The lowest BCUT2D eigenvalue weighted by molar-refractivity contribution is 0.00578. The highest BCUT2D eigenvalue weighted by Crippen LogP contribution is 2.43. The van der Waals surface area contributed by atoms with E-state index < -0.39 is 16.8 Å². The summed E-state index contributed by atoms with van der Waals surface area (Å²) in [5, 5.41) is 9.18. The van der Waals surface area contributed by atoms with Gasteiger partial charge in [-0.05, 0) is 91.3 Å². The zero-order chi connectivity index (χ0) is 23.7. The number of amides is 1. The molecule has 0 aliphatic carbocycles. The fourth-order valence-electron chi connectivity index (χ4n) is 4.30. The molecular formula is C25H37BN2O4. The smallest absolute Gasteiger partial charge is 0.444 e. The lowest BCUT2D eigenvalue weighted by atomic mass is 9.63. The Morgan fingerprint density at radius 3 is 2.16 bits per heavy atom. The van der Waals surface area contributed by atoms with Crippen molar-refractivity contribution in [3.63, 3.8) is 0 Å². The zero-order valence-electron chi connectivity index (χ0n) is 20.6. The van der Waals surface area contributed by atoms with Crippen molar-refractivity contribution in [3.05, 3.63) is 35.4 Å². The molecule has 3 rings (SSSR count). The Kier molecular flexibility index (Phi) is 6.98. The lowest BCUT2D eigenvalue weighted by Gasteiger charge is -2.35. The molecule has 32 heavy (non-hydrogen) atoms. The Morgan fingerprint density at radius 1 is 1.16 bits per heavy atom. The van der Waals surface area contributed by atoms with Crippen molar-refractivity contribution in [1.82, 2.24) is 4.90 Å². The summed E-state index contributed by atoms with van der Waals surface area (Å²) in [5.41, 5.74) is 0.487. The number of hydrogen-bond acceptors (Lipinski definition) is 5. The van der Waals surface area contributed by atoms with Gasteiger partial charge in [0.2, 0.25) is 0 Å². The van der Waals surface area contributed by atoms with E-state index in [4.69, 9.17) is 14.0 Å². The molecule has 1 aromatic carbocycles. The molecule has 2 fully saturated rings. The lowest BCUT2D eigenvalue weighted by Crippen LogP contribution is -2.42. The third-order valence-corrected chi connectivity index (χ3v) is 6.92. The minimum Gasteiger partial charge on any atom is -0.444 e. The average molecular weight is 440 g/mol. The van der Waals surface area contributed by atoms with E-state index in [9.17, 15) is 10.1 Å². The number of nitrogens with zero attached hydrogens (tertiary/aromatic N) is 2. The predicted octanol–water partition coefficient (Wildman–Crippen LogP) is 5.31. The third kappa shape index (κ3) is 5.65. The maximum atomic E-state index is 12.4. The van der Waals surface area contributed by atoms with Crippen LogP contribution in [0.4, 0.5) is 4.79 Å². The van der Waals surface area contributed by atoms with Crippen LogP contribution in [0.15, 0.2) is 24.3 Å². The highest BCUT2D eigenvalue weighted by molar-refractivity contribution is 6.47. The summed E-state index contributed by atoms with van der Waals surface area (Å²) in [5.74, 6) is 0.509. The van der Waals surface area contributed by atoms with Crippen molar-refractivity contribution in [2.75, 3.05) is 13.1 Å². The van der Waals surface area contributed by atoms with Gasteiger partial charge in [-0.3, -0.25) is 0 Å². The number of ether oxygens (including phenoxy) is 1. The van der Waals surface area contributed by atoms with Crippen LogP contribution in [-0.4, -0.2) is 48.0 Å².